The number of hydrogen-bond acceptors (Lipinski definition) is 4. The van der Waals surface area contributed by atoms with Crippen LogP contribution in [0.15, 0.2) is 0 Å². The van der Waals surface area contributed by atoms with Gasteiger partial charge in [-0.1, -0.05) is 13.8 Å². The minimum Gasteiger partial charge on any atom is -0.295 e. The van der Waals surface area contributed by atoms with Gasteiger partial charge in [-0.05, 0) is 0 Å². The lowest BCUT2D eigenvalue weighted by Gasteiger charge is -2.00. The third-order valence-electron chi connectivity index (χ3n) is 1.82. The van der Waals surface area contributed by atoms with E-state index in [0.717, 1.165) is 5.82 Å². The van der Waals surface area contributed by atoms with Crippen LogP contribution in [-0.2, 0) is 23.1 Å². The van der Waals surface area contributed by atoms with Crippen molar-refractivity contribution in [3.8, 4) is 0 Å². The fourth-order valence-corrected chi connectivity index (χ4v) is 1.23. The number of Topliss-reactive ketones (excluding diaryl/α,β-unsaturated/α-hetero) is 1. The highest BCUT2D eigenvalue weighted by Gasteiger charge is 2.12. The number of aromatic nitrogens is 3. The van der Waals surface area contributed by atoms with Crippen LogP contribution in [0.1, 0.15) is 31.4 Å². The van der Waals surface area contributed by atoms with Crippen LogP contribution in [0.3, 0.4) is 0 Å². The molecule has 0 spiro atoms. The Bertz CT molecular complexity index is 355. The number of aldehydes is 1. The van der Waals surface area contributed by atoms with E-state index in [1.165, 1.54) is 0 Å². The molecule has 0 aliphatic rings. The fraction of sp³-hybridized carbons (Fsp3) is 0.556. The van der Waals surface area contributed by atoms with E-state index >= 15 is 0 Å². The van der Waals surface area contributed by atoms with Gasteiger partial charge in [-0.2, -0.15) is 5.10 Å². The molecule has 0 fully saturated rings. The van der Waals surface area contributed by atoms with Crippen LogP contribution in [0.5, 0.6) is 0 Å². The molecule has 1 rings (SSSR count). The minimum absolute atomic E-state index is 0.00986. The molecule has 0 saturated heterocycles. The van der Waals surface area contributed by atoms with Crippen LogP contribution < -0.4 is 0 Å². The van der Waals surface area contributed by atoms with Crippen molar-refractivity contribution in [2.24, 2.45) is 7.05 Å². The van der Waals surface area contributed by atoms with Crippen molar-refractivity contribution >= 4 is 12.1 Å². The van der Waals surface area contributed by atoms with Crippen molar-refractivity contribution in [1.82, 2.24) is 14.8 Å². The van der Waals surface area contributed by atoms with Crippen molar-refractivity contribution < 1.29 is 9.59 Å². The number of nitrogens with zero attached hydrogens (tertiary/aromatic N) is 3. The lowest BCUT2D eigenvalue weighted by Crippen LogP contribution is -2.05. The second kappa shape index (κ2) is 4.13. The molecule has 1 heterocycles. The van der Waals surface area contributed by atoms with Crippen LogP contribution in [-0.4, -0.2) is 26.8 Å². The quantitative estimate of drug-likeness (QED) is 0.510. The Morgan fingerprint density at radius 3 is 2.64 bits per heavy atom. The summed E-state index contributed by atoms with van der Waals surface area (Å²) in [6.45, 7) is 3.99. The van der Waals surface area contributed by atoms with Crippen LogP contribution in [0.25, 0.3) is 0 Å². The molecule has 14 heavy (non-hydrogen) atoms. The molecule has 5 nitrogen and oxygen atoms in total. The first-order valence-electron chi connectivity index (χ1n) is 4.42. The van der Waals surface area contributed by atoms with E-state index in [-0.39, 0.29) is 12.3 Å². The molecule has 0 atom stereocenters. The number of rotatable bonds is 4. The van der Waals surface area contributed by atoms with Crippen molar-refractivity contribution in [1.29, 1.82) is 0 Å². The number of carbonyl (C=O) groups excluding carboxylic acids is 2. The molecule has 0 aromatic carbocycles. The lowest BCUT2D eigenvalue weighted by molar-refractivity contribution is -0.129. The van der Waals surface area contributed by atoms with E-state index < -0.39 is 5.78 Å². The molecule has 0 bridgehead atoms. The molecule has 0 amide bonds. The van der Waals surface area contributed by atoms with E-state index in [1.54, 1.807) is 11.7 Å². The molecule has 0 aliphatic carbocycles. The number of hydrogen-bond donors (Lipinski definition) is 0. The smallest absolute Gasteiger partial charge is 0.202 e. The summed E-state index contributed by atoms with van der Waals surface area (Å²) in [6, 6.07) is 0. The highest BCUT2D eigenvalue weighted by Crippen LogP contribution is 2.10. The van der Waals surface area contributed by atoms with Crippen LogP contribution in [0, 0.1) is 0 Å². The van der Waals surface area contributed by atoms with Gasteiger partial charge in [0.25, 0.3) is 0 Å². The molecule has 0 radical (unpaired) electrons. The minimum atomic E-state index is -0.495. The first-order chi connectivity index (χ1) is 6.54. The van der Waals surface area contributed by atoms with Gasteiger partial charge in [-0.3, -0.25) is 14.3 Å². The normalized spacial score (nSPS) is 10.6. The summed E-state index contributed by atoms with van der Waals surface area (Å²) >= 11 is 0. The Balaban J connectivity index is 2.86. The van der Waals surface area contributed by atoms with Gasteiger partial charge in [0.1, 0.15) is 5.82 Å². The van der Waals surface area contributed by atoms with Gasteiger partial charge in [0.2, 0.25) is 5.78 Å². The van der Waals surface area contributed by atoms with Crippen molar-refractivity contribution in [3.05, 3.63) is 11.6 Å². The van der Waals surface area contributed by atoms with E-state index in [1.807, 2.05) is 13.8 Å². The number of ketones is 1. The SMILES string of the molecule is CC(C)c1nc(CC(=O)C=O)nn1C. The van der Waals surface area contributed by atoms with Crippen molar-refractivity contribution in [2.75, 3.05) is 0 Å². The predicted octanol–water partition coefficient (Wildman–Crippen LogP) is 0.249. The maximum Gasteiger partial charge on any atom is 0.202 e. The second-order valence-electron chi connectivity index (χ2n) is 3.43. The molecule has 0 saturated carbocycles. The lowest BCUT2D eigenvalue weighted by atomic mass is 10.2. The van der Waals surface area contributed by atoms with Gasteiger partial charge >= 0.3 is 0 Å². The van der Waals surface area contributed by atoms with Gasteiger partial charge in [0.05, 0.1) is 6.42 Å². The molecule has 1 aromatic heterocycles. The van der Waals surface area contributed by atoms with E-state index in [2.05, 4.69) is 10.1 Å². The van der Waals surface area contributed by atoms with Crippen LogP contribution >= 0.6 is 0 Å². The average Bonchev–Trinajstić information content (AvgIpc) is 2.46. The maximum atomic E-state index is 10.8. The molecule has 0 unspecified atom stereocenters. The Morgan fingerprint density at radius 1 is 1.57 bits per heavy atom. The first kappa shape index (κ1) is 10.6. The Kier molecular flexibility index (Phi) is 3.11. The van der Waals surface area contributed by atoms with E-state index in [9.17, 15) is 9.59 Å². The summed E-state index contributed by atoms with van der Waals surface area (Å²) in [6.07, 6.45) is 0.287. The third kappa shape index (κ3) is 2.25. The van der Waals surface area contributed by atoms with Crippen molar-refractivity contribution in [2.45, 2.75) is 26.2 Å². The summed E-state index contributed by atoms with van der Waals surface area (Å²) in [5.41, 5.74) is 0. The highest BCUT2D eigenvalue weighted by atomic mass is 16.2. The average molecular weight is 195 g/mol. The largest absolute Gasteiger partial charge is 0.295 e. The molecular weight excluding hydrogens is 182 g/mol. The second-order valence-corrected chi connectivity index (χ2v) is 3.43. The zero-order valence-corrected chi connectivity index (χ0v) is 8.52. The van der Waals surface area contributed by atoms with Crippen LogP contribution in [0.4, 0.5) is 0 Å². The van der Waals surface area contributed by atoms with Crippen LogP contribution in [0.2, 0.25) is 0 Å². The fourth-order valence-electron chi connectivity index (χ4n) is 1.23. The molecular formula is C9H13N3O2. The summed E-state index contributed by atoms with van der Waals surface area (Å²) in [5.74, 6) is 0.991. The zero-order valence-electron chi connectivity index (χ0n) is 8.52. The standard InChI is InChI=1S/C9H13N3O2/c1-6(2)9-10-8(11-12(9)3)4-7(14)5-13/h5-6H,4H2,1-3H3. The molecule has 5 heteroatoms. The van der Waals surface area contributed by atoms with Gasteiger partial charge in [-0.25, -0.2) is 4.98 Å². The van der Waals surface area contributed by atoms with Gasteiger partial charge in [0.15, 0.2) is 12.1 Å². The molecule has 0 N–H and O–H groups in total. The van der Waals surface area contributed by atoms with Gasteiger partial charge in [-0.15, -0.1) is 0 Å². The summed E-state index contributed by atoms with van der Waals surface area (Å²) < 4.78 is 1.64. The Labute approximate surface area is 82.1 Å². The van der Waals surface area contributed by atoms with E-state index in [4.69, 9.17) is 0 Å². The van der Waals surface area contributed by atoms with Gasteiger partial charge < -0.3 is 0 Å². The Hall–Kier alpha value is -1.52. The molecule has 0 aliphatic heterocycles. The zero-order chi connectivity index (χ0) is 10.7. The first-order valence-corrected chi connectivity index (χ1v) is 4.42. The number of aryl methyl sites for hydroxylation is 1. The predicted molar refractivity (Wildman–Crippen MR) is 49.9 cm³/mol. The highest BCUT2D eigenvalue weighted by molar-refractivity contribution is 6.25. The maximum absolute atomic E-state index is 10.8. The molecule has 76 valence electrons. The Morgan fingerprint density at radius 2 is 2.21 bits per heavy atom. The van der Waals surface area contributed by atoms with E-state index in [0.29, 0.717) is 12.1 Å². The van der Waals surface area contributed by atoms with Gasteiger partial charge in [0, 0.05) is 13.0 Å². The monoisotopic (exact) mass is 195 g/mol. The van der Waals surface area contributed by atoms with Crippen molar-refractivity contribution in [3.63, 3.8) is 0 Å². The number of carbonyl (C=O) groups is 2. The third-order valence-corrected chi connectivity index (χ3v) is 1.82. The topological polar surface area (TPSA) is 64.8 Å². The summed E-state index contributed by atoms with van der Waals surface area (Å²) in [4.78, 5) is 25.1. The molecule has 1 aromatic rings. The summed E-state index contributed by atoms with van der Waals surface area (Å²) in [7, 11) is 1.78. The summed E-state index contributed by atoms with van der Waals surface area (Å²) in [5, 5.41) is 4.05.